The Balaban J connectivity index is 1.69. The molecule has 2 heterocycles. The number of nitrogens with one attached hydrogen (secondary N) is 1. The van der Waals surface area contributed by atoms with Crippen LogP contribution in [0.15, 0.2) is 46.9 Å². The number of nitrogens with zero attached hydrogens (tertiary/aromatic N) is 1. The van der Waals surface area contributed by atoms with Gasteiger partial charge in [-0.3, -0.25) is 9.69 Å². The molecule has 0 bridgehead atoms. The van der Waals surface area contributed by atoms with Crippen molar-refractivity contribution in [3.8, 4) is 0 Å². The highest BCUT2D eigenvalue weighted by Gasteiger charge is 2.24. The van der Waals surface area contributed by atoms with Gasteiger partial charge in [-0.15, -0.1) is 0 Å². The largest absolute Gasteiger partial charge is 0.440 e. The summed E-state index contributed by atoms with van der Waals surface area (Å²) in [6.45, 7) is 2.70. The lowest BCUT2D eigenvalue weighted by molar-refractivity contribution is 0.0910. The van der Waals surface area contributed by atoms with Crippen molar-refractivity contribution in [1.29, 1.82) is 0 Å². The molecule has 1 aliphatic rings. The molecule has 1 saturated heterocycles. The van der Waals surface area contributed by atoms with Crippen molar-refractivity contribution in [1.82, 2.24) is 10.2 Å². The Labute approximate surface area is 135 Å². The minimum atomic E-state index is -0.230. The van der Waals surface area contributed by atoms with E-state index >= 15 is 0 Å². The lowest BCUT2D eigenvalue weighted by Gasteiger charge is -2.28. The summed E-state index contributed by atoms with van der Waals surface area (Å²) in [4.78, 5) is 14.5. The van der Waals surface area contributed by atoms with Crippen molar-refractivity contribution < 1.29 is 9.21 Å². The average Bonchev–Trinajstić information content (AvgIpc) is 3.20. The van der Waals surface area contributed by atoms with Crippen LogP contribution in [0.25, 0.3) is 0 Å². The fourth-order valence-corrected chi connectivity index (χ4v) is 3.05. The maximum atomic E-state index is 12.1. The summed E-state index contributed by atoms with van der Waals surface area (Å²) < 4.78 is 5.15. The van der Waals surface area contributed by atoms with E-state index in [0.717, 1.165) is 13.1 Å². The van der Waals surface area contributed by atoms with Gasteiger partial charge < -0.3 is 9.73 Å². The number of furan rings is 1. The molecule has 22 heavy (non-hydrogen) atoms. The van der Waals surface area contributed by atoms with Crippen LogP contribution in [0.2, 0.25) is 5.22 Å². The van der Waals surface area contributed by atoms with Crippen LogP contribution >= 0.6 is 11.6 Å². The van der Waals surface area contributed by atoms with Crippen LogP contribution in [0, 0.1) is 0 Å². The van der Waals surface area contributed by atoms with Gasteiger partial charge in [-0.25, -0.2) is 0 Å². The number of carbonyl (C=O) groups is 1. The van der Waals surface area contributed by atoms with Crippen LogP contribution < -0.4 is 5.32 Å². The molecule has 1 atom stereocenters. The van der Waals surface area contributed by atoms with Crippen molar-refractivity contribution in [2.75, 3.05) is 19.6 Å². The van der Waals surface area contributed by atoms with Crippen molar-refractivity contribution >= 4 is 17.5 Å². The first-order chi connectivity index (χ1) is 10.7. The number of halogens is 1. The van der Waals surface area contributed by atoms with Crippen molar-refractivity contribution in [2.24, 2.45) is 0 Å². The highest BCUT2D eigenvalue weighted by Crippen LogP contribution is 2.24. The van der Waals surface area contributed by atoms with E-state index in [4.69, 9.17) is 16.0 Å². The maximum absolute atomic E-state index is 12.1. The molecule has 1 fully saturated rings. The third-order valence-electron chi connectivity index (χ3n) is 4.02. The fourth-order valence-electron chi connectivity index (χ4n) is 2.90. The van der Waals surface area contributed by atoms with Gasteiger partial charge in [0.15, 0.2) is 11.0 Å². The zero-order valence-electron chi connectivity index (χ0n) is 12.3. The van der Waals surface area contributed by atoms with Gasteiger partial charge in [-0.2, -0.15) is 0 Å². The lowest BCUT2D eigenvalue weighted by Crippen LogP contribution is -2.36. The molecule has 0 radical (unpaired) electrons. The molecule has 0 aliphatic carbocycles. The second-order valence-corrected chi connectivity index (χ2v) is 5.86. The Morgan fingerprint density at radius 3 is 2.55 bits per heavy atom. The van der Waals surface area contributed by atoms with Gasteiger partial charge in [0.25, 0.3) is 5.91 Å². The van der Waals surface area contributed by atoms with Crippen LogP contribution in [-0.4, -0.2) is 30.4 Å². The van der Waals surface area contributed by atoms with Crippen molar-refractivity contribution in [3.63, 3.8) is 0 Å². The van der Waals surface area contributed by atoms with E-state index in [0.29, 0.717) is 6.54 Å². The number of rotatable bonds is 5. The van der Waals surface area contributed by atoms with E-state index in [1.807, 2.05) is 18.2 Å². The van der Waals surface area contributed by atoms with E-state index in [9.17, 15) is 4.79 Å². The molecule has 0 unspecified atom stereocenters. The maximum Gasteiger partial charge on any atom is 0.287 e. The zero-order valence-corrected chi connectivity index (χ0v) is 13.1. The molecule has 1 aromatic carbocycles. The van der Waals surface area contributed by atoms with Gasteiger partial charge >= 0.3 is 0 Å². The minimum absolute atomic E-state index is 0.193. The Morgan fingerprint density at radius 2 is 1.91 bits per heavy atom. The van der Waals surface area contributed by atoms with Crippen LogP contribution in [0.5, 0.6) is 0 Å². The molecule has 4 nitrogen and oxygen atoms in total. The minimum Gasteiger partial charge on any atom is -0.440 e. The Morgan fingerprint density at radius 1 is 1.18 bits per heavy atom. The summed E-state index contributed by atoms with van der Waals surface area (Å²) in [7, 11) is 0. The van der Waals surface area contributed by atoms with E-state index < -0.39 is 0 Å². The molecule has 1 aromatic heterocycles. The lowest BCUT2D eigenvalue weighted by atomic mass is 10.1. The van der Waals surface area contributed by atoms with Crippen molar-refractivity contribution in [3.05, 3.63) is 59.0 Å². The predicted molar refractivity (Wildman–Crippen MR) is 86.0 cm³/mol. The van der Waals surface area contributed by atoms with Crippen LogP contribution in [0.4, 0.5) is 0 Å². The monoisotopic (exact) mass is 318 g/mol. The van der Waals surface area contributed by atoms with Gasteiger partial charge in [0.05, 0.1) is 6.04 Å². The highest BCUT2D eigenvalue weighted by atomic mass is 35.5. The Hall–Kier alpha value is -1.78. The standard InChI is InChI=1S/C17H19ClN2O2/c18-16-9-8-15(22-16)17(21)19-12-14(20-10-4-5-11-20)13-6-2-1-3-7-13/h1-3,6-9,14H,4-5,10-12H2,(H,19,21)/t14-/m1/s1. The molecule has 1 amide bonds. The quantitative estimate of drug-likeness (QED) is 0.917. The smallest absolute Gasteiger partial charge is 0.287 e. The number of hydrogen-bond donors (Lipinski definition) is 1. The van der Waals surface area contributed by atoms with E-state index in [2.05, 4.69) is 22.3 Å². The van der Waals surface area contributed by atoms with E-state index in [-0.39, 0.29) is 22.9 Å². The first-order valence-corrected chi connectivity index (χ1v) is 7.94. The molecule has 1 aliphatic heterocycles. The number of hydrogen-bond acceptors (Lipinski definition) is 3. The van der Waals surface area contributed by atoms with Gasteiger partial charge in [-0.05, 0) is 55.2 Å². The summed E-state index contributed by atoms with van der Waals surface area (Å²) in [5, 5.41) is 3.18. The number of carbonyl (C=O) groups excluding carboxylic acids is 1. The highest BCUT2D eigenvalue weighted by molar-refractivity contribution is 6.29. The molecule has 0 saturated carbocycles. The Kier molecular flexibility index (Phi) is 4.80. The molecule has 0 spiro atoms. The van der Waals surface area contributed by atoms with Gasteiger partial charge in [-0.1, -0.05) is 30.3 Å². The number of benzene rings is 1. The SMILES string of the molecule is O=C(NC[C@H](c1ccccc1)N1CCCC1)c1ccc(Cl)o1. The van der Waals surface area contributed by atoms with Crippen molar-refractivity contribution in [2.45, 2.75) is 18.9 Å². The normalized spacial score (nSPS) is 16.6. The Bertz CT molecular complexity index is 621. The van der Waals surface area contributed by atoms with Crippen LogP contribution in [0.1, 0.15) is 35.0 Å². The van der Waals surface area contributed by atoms with Gasteiger partial charge in [0, 0.05) is 6.54 Å². The fraction of sp³-hybridized carbons (Fsp3) is 0.353. The second kappa shape index (κ2) is 6.99. The summed E-state index contributed by atoms with van der Waals surface area (Å²) in [5.74, 6) is 0.0188. The second-order valence-electron chi connectivity index (χ2n) is 5.48. The summed E-state index contributed by atoms with van der Waals surface area (Å²) in [5.41, 5.74) is 1.22. The van der Waals surface area contributed by atoms with Crippen LogP contribution in [-0.2, 0) is 0 Å². The zero-order chi connectivity index (χ0) is 15.4. The molecular weight excluding hydrogens is 300 g/mol. The summed E-state index contributed by atoms with van der Waals surface area (Å²) in [6, 6.07) is 13.7. The molecule has 5 heteroatoms. The first kappa shape index (κ1) is 15.1. The average molecular weight is 319 g/mol. The molecule has 2 aromatic rings. The van der Waals surface area contributed by atoms with Gasteiger partial charge in [0.1, 0.15) is 0 Å². The third kappa shape index (κ3) is 3.51. The van der Waals surface area contributed by atoms with Crippen LogP contribution in [0.3, 0.4) is 0 Å². The van der Waals surface area contributed by atoms with E-state index in [1.165, 1.54) is 18.4 Å². The van der Waals surface area contributed by atoms with E-state index in [1.54, 1.807) is 12.1 Å². The first-order valence-electron chi connectivity index (χ1n) is 7.56. The predicted octanol–water partition coefficient (Wildman–Crippen LogP) is 3.50. The molecule has 3 rings (SSSR count). The molecular formula is C17H19ClN2O2. The number of likely N-dealkylation sites (tertiary alicyclic amines) is 1. The van der Waals surface area contributed by atoms with Gasteiger partial charge in [0.2, 0.25) is 0 Å². The topological polar surface area (TPSA) is 45.5 Å². The summed E-state index contributed by atoms with van der Waals surface area (Å²) >= 11 is 5.71. The molecule has 116 valence electrons. The molecule has 1 N–H and O–H groups in total. The number of amides is 1. The third-order valence-corrected chi connectivity index (χ3v) is 4.22. The summed E-state index contributed by atoms with van der Waals surface area (Å²) in [6.07, 6.45) is 2.43.